The Morgan fingerprint density at radius 1 is 1.25 bits per heavy atom. The van der Waals surface area contributed by atoms with Gasteiger partial charge in [0, 0.05) is 13.2 Å². The molecule has 0 saturated carbocycles. The van der Waals surface area contributed by atoms with Crippen LogP contribution in [0.2, 0.25) is 0 Å². The number of rotatable bonds is 6. The van der Waals surface area contributed by atoms with Gasteiger partial charge in [-0.1, -0.05) is 0 Å². The Kier molecular flexibility index (Phi) is 5.70. The summed E-state index contributed by atoms with van der Waals surface area (Å²) in [5.74, 6) is 0. The third kappa shape index (κ3) is 6.76. The Labute approximate surface area is 71.8 Å². The molecule has 0 atom stereocenters. The lowest BCUT2D eigenvalue weighted by molar-refractivity contribution is -0.122. The minimum atomic E-state index is -4.03. The first-order valence-corrected chi connectivity index (χ1v) is 5.57. The SMILES string of the molecule is CCOC(CP(=O)(O)O)OCC. The van der Waals surface area contributed by atoms with Gasteiger partial charge in [0.15, 0.2) is 6.29 Å². The largest absolute Gasteiger partial charge is 0.352 e. The molecule has 0 heterocycles. The molecule has 0 aliphatic carbocycles. The maximum atomic E-state index is 10.5. The van der Waals surface area contributed by atoms with Gasteiger partial charge in [-0.15, -0.1) is 0 Å². The van der Waals surface area contributed by atoms with Gasteiger partial charge in [-0.25, -0.2) is 0 Å². The summed E-state index contributed by atoms with van der Waals surface area (Å²) in [6.45, 7) is 4.24. The summed E-state index contributed by atoms with van der Waals surface area (Å²) in [4.78, 5) is 17.2. The van der Waals surface area contributed by atoms with Crippen LogP contribution in [0, 0.1) is 0 Å². The van der Waals surface area contributed by atoms with Gasteiger partial charge in [0.05, 0.1) is 0 Å². The van der Waals surface area contributed by atoms with Gasteiger partial charge in [-0.2, -0.15) is 0 Å². The second-order valence-corrected chi connectivity index (χ2v) is 3.88. The van der Waals surface area contributed by atoms with E-state index < -0.39 is 13.9 Å². The van der Waals surface area contributed by atoms with E-state index in [1.54, 1.807) is 13.8 Å². The molecule has 0 saturated heterocycles. The van der Waals surface area contributed by atoms with Crippen LogP contribution in [0.5, 0.6) is 0 Å². The number of ether oxygens (including phenoxy) is 2. The fourth-order valence-electron chi connectivity index (χ4n) is 0.719. The van der Waals surface area contributed by atoms with Crippen LogP contribution in [-0.2, 0) is 14.0 Å². The van der Waals surface area contributed by atoms with Crippen molar-refractivity contribution in [2.75, 3.05) is 19.4 Å². The molecular formula is C6H15O5P. The van der Waals surface area contributed by atoms with E-state index in [-0.39, 0.29) is 6.16 Å². The molecule has 0 bridgehead atoms. The molecule has 2 N–H and O–H groups in total. The summed E-state index contributed by atoms with van der Waals surface area (Å²) in [7, 11) is -4.03. The molecule has 0 fully saturated rings. The van der Waals surface area contributed by atoms with Crippen molar-refractivity contribution in [2.24, 2.45) is 0 Å². The summed E-state index contributed by atoms with van der Waals surface area (Å²) in [6, 6.07) is 0. The van der Waals surface area contributed by atoms with Crippen LogP contribution >= 0.6 is 7.60 Å². The zero-order valence-electron chi connectivity index (χ0n) is 7.27. The van der Waals surface area contributed by atoms with Crippen molar-refractivity contribution in [3.63, 3.8) is 0 Å². The van der Waals surface area contributed by atoms with Gasteiger partial charge in [0.2, 0.25) is 0 Å². The fourth-order valence-corrected chi connectivity index (χ4v) is 1.32. The van der Waals surface area contributed by atoms with Crippen LogP contribution in [0.1, 0.15) is 13.8 Å². The van der Waals surface area contributed by atoms with E-state index in [1.807, 2.05) is 0 Å². The van der Waals surface area contributed by atoms with Crippen molar-refractivity contribution in [3.05, 3.63) is 0 Å². The Hall–Kier alpha value is 0.0700. The minimum absolute atomic E-state index is 0.380. The fraction of sp³-hybridized carbons (Fsp3) is 1.00. The zero-order chi connectivity index (χ0) is 9.61. The lowest BCUT2D eigenvalue weighted by Crippen LogP contribution is -2.21. The van der Waals surface area contributed by atoms with Gasteiger partial charge >= 0.3 is 7.60 Å². The maximum Gasteiger partial charge on any atom is 0.330 e. The van der Waals surface area contributed by atoms with Gasteiger partial charge in [0.25, 0.3) is 0 Å². The summed E-state index contributed by atoms with van der Waals surface area (Å²) < 4.78 is 20.4. The first-order chi connectivity index (χ1) is 5.49. The average molecular weight is 198 g/mol. The zero-order valence-corrected chi connectivity index (χ0v) is 8.16. The second kappa shape index (κ2) is 5.67. The van der Waals surface area contributed by atoms with Gasteiger partial charge < -0.3 is 19.3 Å². The molecule has 12 heavy (non-hydrogen) atoms. The average Bonchev–Trinajstić information content (AvgIpc) is 1.84. The molecule has 0 aromatic carbocycles. The molecule has 0 spiro atoms. The first kappa shape index (κ1) is 12.1. The quantitative estimate of drug-likeness (QED) is 0.481. The summed E-state index contributed by atoms with van der Waals surface area (Å²) >= 11 is 0. The van der Waals surface area contributed by atoms with Crippen molar-refractivity contribution in [2.45, 2.75) is 20.1 Å². The van der Waals surface area contributed by atoms with E-state index in [0.717, 1.165) is 0 Å². The predicted molar refractivity (Wildman–Crippen MR) is 44.0 cm³/mol. The predicted octanol–water partition coefficient (Wildman–Crippen LogP) is 0.563. The lowest BCUT2D eigenvalue weighted by Gasteiger charge is -2.16. The van der Waals surface area contributed by atoms with Crippen molar-refractivity contribution in [1.29, 1.82) is 0 Å². The molecular weight excluding hydrogens is 183 g/mol. The highest BCUT2D eigenvalue weighted by Gasteiger charge is 2.21. The second-order valence-electron chi connectivity index (χ2n) is 2.19. The molecule has 74 valence electrons. The van der Waals surface area contributed by atoms with Crippen molar-refractivity contribution < 1.29 is 23.8 Å². The Bertz CT molecular complexity index is 148. The van der Waals surface area contributed by atoms with Crippen molar-refractivity contribution >= 4 is 7.60 Å². The van der Waals surface area contributed by atoms with E-state index in [0.29, 0.717) is 13.2 Å². The molecule has 0 unspecified atom stereocenters. The molecule has 6 heteroatoms. The molecule has 5 nitrogen and oxygen atoms in total. The Morgan fingerprint density at radius 2 is 1.67 bits per heavy atom. The highest BCUT2D eigenvalue weighted by molar-refractivity contribution is 7.51. The van der Waals surface area contributed by atoms with E-state index in [9.17, 15) is 4.57 Å². The third-order valence-electron chi connectivity index (χ3n) is 1.09. The van der Waals surface area contributed by atoms with Crippen LogP contribution in [0.4, 0.5) is 0 Å². The first-order valence-electron chi connectivity index (χ1n) is 3.77. The maximum absolute atomic E-state index is 10.5. The van der Waals surface area contributed by atoms with E-state index in [2.05, 4.69) is 0 Å². The van der Waals surface area contributed by atoms with Crippen LogP contribution in [0.3, 0.4) is 0 Å². The summed E-state index contributed by atoms with van der Waals surface area (Å²) in [5, 5.41) is 0. The smallest absolute Gasteiger partial charge is 0.330 e. The molecule has 0 aromatic rings. The molecule has 0 aromatic heterocycles. The minimum Gasteiger partial charge on any atom is -0.352 e. The van der Waals surface area contributed by atoms with Gasteiger partial charge in [-0.05, 0) is 13.8 Å². The van der Waals surface area contributed by atoms with E-state index in [1.165, 1.54) is 0 Å². The standard InChI is InChI=1S/C6H15O5P/c1-3-10-6(11-4-2)5-12(7,8)9/h6H,3-5H2,1-2H3,(H2,7,8,9). The molecule has 0 radical (unpaired) electrons. The van der Waals surface area contributed by atoms with Crippen LogP contribution < -0.4 is 0 Å². The molecule has 0 rings (SSSR count). The lowest BCUT2D eigenvalue weighted by atomic mass is 10.7. The summed E-state index contributed by atoms with van der Waals surface area (Å²) in [5.41, 5.74) is 0. The highest BCUT2D eigenvalue weighted by Crippen LogP contribution is 2.35. The number of hydrogen-bond donors (Lipinski definition) is 2. The normalized spacial score (nSPS) is 12.4. The number of hydrogen-bond acceptors (Lipinski definition) is 3. The van der Waals surface area contributed by atoms with Gasteiger partial charge in [0.1, 0.15) is 6.16 Å². The highest BCUT2D eigenvalue weighted by atomic mass is 31.2. The topological polar surface area (TPSA) is 76.0 Å². The Morgan fingerprint density at radius 3 is 1.92 bits per heavy atom. The molecule has 0 aliphatic heterocycles. The van der Waals surface area contributed by atoms with Gasteiger partial charge in [-0.3, -0.25) is 4.57 Å². The van der Waals surface area contributed by atoms with Crippen LogP contribution in [-0.4, -0.2) is 35.5 Å². The summed E-state index contributed by atoms with van der Waals surface area (Å²) in [6.07, 6.45) is -1.17. The van der Waals surface area contributed by atoms with E-state index >= 15 is 0 Å². The molecule has 0 aliphatic rings. The monoisotopic (exact) mass is 198 g/mol. The third-order valence-corrected chi connectivity index (χ3v) is 1.87. The van der Waals surface area contributed by atoms with Crippen molar-refractivity contribution in [1.82, 2.24) is 0 Å². The Balaban J connectivity index is 3.86. The van der Waals surface area contributed by atoms with Crippen LogP contribution in [0.15, 0.2) is 0 Å². The molecule has 0 amide bonds. The van der Waals surface area contributed by atoms with Crippen molar-refractivity contribution in [3.8, 4) is 0 Å². The van der Waals surface area contributed by atoms with Crippen LogP contribution in [0.25, 0.3) is 0 Å². The van der Waals surface area contributed by atoms with E-state index in [4.69, 9.17) is 19.3 Å².